The average molecular weight is 464 g/mol. The number of aromatic carboxylic acids is 1. The van der Waals surface area contributed by atoms with Gasteiger partial charge < -0.3 is 19.5 Å². The summed E-state index contributed by atoms with van der Waals surface area (Å²) in [6.07, 6.45) is 2.40. The van der Waals surface area contributed by atoms with E-state index in [4.69, 9.17) is 9.47 Å². The molecule has 2 heterocycles. The number of carboxylic acid groups (broad SMARTS) is 1. The number of rotatable bonds is 7. The Kier molecular flexibility index (Phi) is 6.21. The first-order valence-electron chi connectivity index (χ1n) is 10.0. The second kappa shape index (κ2) is 9.40. The summed E-state index contributed by atoms with van der Waals surface area (Å²) in [5.41, 5.74) is 6.20. The summed E-state index contributed by atoms with van der Waals surface area (Å²) in [6, 6.07) is 9.40. The molecule has 2 aliphatic rings. The Balaban J connectivity index is 1.48. The molecule has 4 rings (SSSR count). The van der Waals surface area contributed by atoms with Gasteiger partial charge in [0.2, 0.25) is 5.91 Å². The zero-order chi connectivity index (χ0) is 24.2. The number of nitrogens with one attached hydrogen (secondary N) is 2. The Morgan fingerprint density at radius 1 is 1.24 bits per heavy atom. The topological polar surface area (TPSA) is 154 Å². The number of benzene rings is 2. The quantitative estimate of drug-likeness (QED) is 0.409. The number of amidine groups is 1. The number of hydrazone groups is 2. The molecule has 1 atom stereocenters. The molecule has 34 heavy (non-hydrogen) atoms. The highest BCUT2D eigenvalue weighted by atomic mass is 16.5. The van der Waals surface area contributed by atoms with Gasteiger partial charge in [-0.25, -0.2) is 20.6 Å². The number of carboxylic acids is 1. The van der Waals surface area contributed by atoms with Crippen molar-refractivity contribution in [1.29, 1.82) is 0 Å². The SMILES string of the molecule is COc1ccc(C=NNC(=O)CC2C(=O)NN=C3c4ccccc4N=CN32)c(C(=O)O)c1OC. The number of carbonyl (C=O) groups is 3. The van der Waals surface area contributed by atoms with Crippen LogP contribution in [0.4, 0.5) is 5.69 Å². The van der Waals surface area contributed by atoms with Crippen LogP contribution >= 0.6 is 0 Å². The van der Waals surface area contributed by atoms with Crippen molar-refractivity contribution < 1.29 is 29.0 Å². The van der Waals surface area contributed by atoms with Gasteiger partial charge in [0.15, 0.2) is 17.3 Å². The summed E-state index contributed by atoms with van der Waals surface area (Å²) in [4.78, 5) is 42.5. The monoisotopic (exact) mass is 464 g/mol. The molecule has 0 aromatic heterocycles. The van der Waals surface area contributed by atoms with Crippen LogP contribution < -0.4 is 20.3 Å². The summed E-state index contributed by atoms with van der Waals surface area (Å²) in [6.45, 7) is 0. The zero-order valence-electron chi connectivity index (χ0n) is 18.2. The Labute approximate surface area is 193 Å². The molecule has 2 aliphatic heterocycles. The lowest BCUT2D eigenvalue weighted by molar-refractivity contribution is -0.130. The van der Waals surface area contributed by atoms with E-state index in [2.05, 4.69) is 26.0 Å². The third-order valence-electron chi connectivity index (χ3n) is 5.18. The molecular weight excluding hydrogens is 444 g/mol. The number of ether oxygens (including phenoxy) is 2. The summed E-state index contributed by atoms with van der Waals surface area (Å²) in [5.74, 6) is -1.54. The highest BCUT2D eigenvalue weighted by molar-refractivity contribution is 6.14. The second-order valence-electron chi connectivity index (χ2n) is 7.16. The molecule has 2 aromatic carbocycles. The predicted octanol–water partition coefficient (Wildman–Crippen LogP) is 1.08. The molecule has 0 fully saturated rings. The van der Waals surface area contributed by atoms with E-state index in [1.165, 1.54) is 43.8 Å². The summed E-state index contributed by atoms with van der Waals surface area (Å²) in [7, 11) is 2.71. The van der Waals surface area contributed by atoms with Crippen molar-refractivity contribution in [3.8, 4) is 11.5 Å². The number of nitrogens with zero attached hydrogens (tertiary/aromatic N) is 4. The van der Waals surface area contributed by atoms with Crippen molar-refractivity contribution in [2.75, 3.05) is 14.2 Å². The third-order valence-corrected chi connectivity index (χ3v) is 5.18. The van der Waals surface area contributed by atoms with Crippen LogP contribution in [0, 0.1) is 0 Å². The van der Waals surface area contributed by atoms with E-state index in [0.29, 0.717) is 11.5 Å². The molecule has 12 heteroatoms. The van der Waals surface area contributed by atoms with Gasteiger partial charge in [-0.3, -0.25) is 9.59 Å². The Hall–Kier alpha value is -4.74. The molecule has 0 saturated carbocycles. The lowest BCUT2D eigenvalue weighted by atomic mass is 10.1. The fourth-order valence-electron chi connectivity index (χ4n) is 3.60. The molecule has 2 amide bonds. The fourth-order valence-corrected chi connectivity index (χ4v) is 3.60. The lowest BCUT2D eigenvalue weighted by Gasteiger charge is -2.34. The maximum Gasteiger partial charge on any atom is 0.340 e. The summed E-state index contributed by atoms with van der Waals surface area (Å²) in [5, 5.41) is 17.5. The standard InChI is InChI=1S/C22H20N6O6/c1-33-16-8-7-12(18(22(31)32)19(16)34-2)10-24-25-17(29)9-15-21(30)27-26-20-13-5-3-4-6-14(13)23-11-28(15)20/h3-8,10-11,15H,9H2,1-2H3,(H,25,29)(H,27,30)(H,31,32). The zero-order valence-corrected chi connectivity index (χ0v) is 18.2. The first-order chi connectivity index (χ1) is 16.4. The minimum atomic E-state index is -1.25. The van der Waals surface area contributed by atoms with Crippen molar-refractivity contribution in [2.45, 2.75) is 12.5 Å². The van der Waals surface area contributed by atoms with E-state index < -0.39 is 23.8 Å². The lowest BCUT2D eigenvalue weighted by Crippen LogP contribution is -2.55. The molecule has 12 nitrogen and oxygen atoms in total. The van der Waals surface area contributed by atoms with Crippen LogP contribution in [0.2, 0.25) is 0 Å². The number of hydrogen-bond acceptors (Lipinski definition) is 9. The van der Waals surface area contributed by atoms with Crippen LogP contribution in [-0.2, 0) is 9.59 Å². The second-order valence-corrected chi connectivity index (χ2v) is 7.16. The van der Waals surface area contributed by atoms with Crippen molar-refractivity contribution in [3.63, 3.8) is 0 Å². The first-order valence-corrected chi connectivity index (χ1v) is 10.0. The Morgan fingerprint density at radius 2 is 2.03 bits per heavy atom. The molecule has 0 bridgehead atoms. The van der Waals surface area contributed by atoms with Gasteiger partial charge in [-0.05, 0) is 24.3 Å². The normalized spacial score (nSPS) is 16.3. The summed E-state index contributed by atoms with van der Waals surface area (Å²) >= 11 is 0. The average Bonchev–Trinajstić information content (AvgIpc) is 2.84. The van der Waals surface area contributed by atoms with E-state index in [1.54, 1.807) is 0 Å². The van der Waals surface area contributed by atoms with Crippen LogP contribution in [0.5, 0.6) is 11.5 Å². The van der Waals surface area contributed by atoms with Crippen molar-refractivity contribution in [1.82, 2.24) is 15.8 Å². The minimum absolute atomic E-state index is 0.0284. The van der Waals surface area contributed by atoms with E-state index in [9.17, 15) is 19.5 Å². The van der Waals surface area contributed by atoms with Crippen molar-refractivity contribution in [2.24, 2.45) is 15.2 Å². The highest BCUT2D eigenvalue weighted by Gasteiger charge is 2.36. The van der Waals surface area contributed by atoms with Gasteiger partial charge >= 0.3 is 5.97 Å². The molecule has 174 valence electrons. The Morgan fingerprint density at radius 3 is 2.76 bits per heavy atom. The molecule has 0 spiro atoms. The maximum absolute atomic E-state index is 12.5. The van der Waals surface area contributed by atoms with E-state index in [-0.39, 0.29) is 29.0 Å². The number of fused-ring (bicyclic) bond motifs is 3. The van der Waals surface area contributed by atoms with Gasteiger partial charge in [0, 0.05) is 11.1 Å². The predicted molar refractivity (Wildman–Crippen MR) is 122 cm³/mol. The number of hydrogen-bond donors (Lipinski definition) is 3. The maximum atomic E-state index is 12.5. The van der Waals surface area contributed by atoms with Crippen LogP contribution in [0.1, 0.15) is 27.9 Å². The van der Waals surface area contributed by atoms with Crippen molar-refractivity contribution in [3.05, 3.63) is 53.1 Å². The van der Waals surface area contributed by atoms with Crippen molar-refractivity contribution >= 4 is 41.9 Å². The third kappa shape index (κ3) is 4.16. The molecule has 1 unspecified atom stereocenters. The Bertz CT molecular complexity index is 1250. The van der Waals surface area contributed by atoms with E-state index in [1.807, 2.05) is 24.3 Å². The number of amides is 2. The van der Waals surface area contributed by atoms with Gasteiger partial charge in [0.25, 0.3) is 5.91 Å². The van der Waals surface area contributed by atoms with E-state index >= 15 is 0 Å². The highest BCUT2D eigenvalue weighted by Crippen LogP contribution is 2.33. The van der Waals surface area contributed by atoms with Gasteiger partial charge in [-0.1, -0.05) is 12.1 Å². The summed E-state index contributed by atoms with van der Waals surface area (Å²) < 4.78 is 10.3. The van der Waals surface area contributed by atoms with Crippen LogP contribution in [0.3, 0.4) is 0 Å². The molecule has 0 radical (unpaired) electrons. The number of methoxy groups -OCH3 is 2. The van der Waals surface area contributed by atoms with Crippen LogP contribution in [0.15, 0.2) is 51.6 Å². The van der Waals surface area contributed by atoms with Gasteiger partial charge in [0.1, 0.15) is 11.6 Å². The van der Waals surface area contributed by atoms with Gasteiger partial charge in [-0.15, -0.1) is 0 Å². The molecule has 0 saturated heterocycles. The van der Waals surface area contributed by atoms with Crippen LogP contribution in [-0.4, -0.2) is 66.4 Å². The number of para-hydroxylation sites is 1. The largest absolute Gasteiger partial charge is 0.493 e. The van der Waals surface area contributed by atoms with Gasteiger partial charge in [0.05, 0.1) is 38.9 Å². The molecule has 3 N–H and O–H groups in total. The molecule has 0 aliphatic carbocycles. The number of carbonyl (C=O) groups excluding carboxylic acids is 2. The molecule has 2 aromatic rings. The number of aliphatic imine (C=N–C) groups is 1. The fraction of sp³-hybridized carbons (Fsp3) is 0.182. The molecular formula is C22H20N6O6. The minimum Gasteiger partial charge on any atom is -0.493 e. The van der Waals surface area contributed by atoms with Crippen LogP contribution in [0.25, 0.3) is 0 Å². The van der Waals surface area contributed by atoms with E-state index in [0.717, 1.165) is 5.56 Å². The first kappa shape index (κ1) is 22.5. The van der Waals surface area contributed by atoms with Gasteiger partial charge in [-0.2, -0.15) is 10.2 Å². The smallest absolute Gasteiger partial charge is 0.340 e.